The van der Waals surface area contributed by atoms with E-state index in [9.17, 15) is 4.79 Å². The molecule has 2 aromatic rings. The number of nitrogens with zero attached hydrogens (tertiary/aromatic N) is 1. The maximum Gasteiger partial charge on any atom is 0.253 e. The summed E-state index contributed by atoms with van der Waals surface area (Å²) >= 11 is 5.74. The first kappa shape index (κ1) is 19.9. The van der Waals surface area contributed by atoms with E-state index in [-0.39, 0.29) is 5.56 Å². The molecular formula is C22H31N3OS. The highest BCUT2D eigenvalue weighted by molar-refractivity contribution is 7.80. The molecule has 1 heterocycles. The fourth-order valence-corrected chi connectivity index (χ4v) is 4.12. The Hall–Kier alpha value is -1.88. The van der Waals surface area contributed by atoms with E-state index in [0.29, 0.717) is 18.5 Å². The van der Waals surface area contributed by atoms with Crippen LogP contribution in [0.5, 0.6) is 0 Å². The smallest absolute Gasteiger partial charge is 0.253 e. The van der Waals surface area contributed by atoms with Gasteiger partial charge in [0, 0.05) is 23.7 Å². The largest absolute Gasteiger partial charge is 0.362 e. The van der Waals surface area contributed by atoms with Gasteiger partial charge in [0.1, 0.15) is 0 Å². The van der Waals surface area contributed by atoms with Gasteiger partial charge in [0.05, 0.1) is 6.54 Å². The minimum absolute atomic E-state index is 0.0150. The molecular weight excluding hydrogens is 354 g/mol. The number of rotatable bonds is 5. The van der Waals surface area contributed by atoms with Crippen molar-refractivity contribution in [2.75, 3.05) is 6.54 Å². The number of benzene rings is 1. The molecule has 1 aliphatic carbocycles. The molecule has 3 rings (SSSR count). The van der Waals surface area contributed by atoms with Gasteiger partial charge in [-0.3, -0.25) is 4.79 Å². The van der Waals surface area contributed by atoms with Crippen LogP contribution in [0.1, 0.15) is 57.1 Å². The zero-order valence-electron chi connectivity index (χ0n) is 16.7. The van der Waals surface area contributed by atoms with Crippen LogP contribution in [-0.2, 0) is 6.54 Å². The molecule has 2 N–H and O–H groups in total. The lowest BCUT2D eigenvalue weighted by Crippen LogP contribution is -2.47. The zero-order chi connectivity index (χ0) is 19.4. The summed E-state index contributed by atoms with van der Waals surface area (Å²) in [6.07, 6.45) is 6.07. The second kappa shape index (κ2) is 8.87. The summed E-state index contributed by atoms with van der Waals surface area (Å²) in [6.45, 7) is 7.85. The Morgan fingerprint density at radius 2 is 2.00 bits per heavy atom. The normalized spacial score (nSPS) is 15.3. The van der Waals surface area contributed by atoms with Crippen LogP contribution in [0.15, 0.2) is 29.1 Å². The molecule has 0 spiro atoms. The van der Waals surface area contributed by atoms with E-state index in [0.717, 1.165) is 41.0 Å². The van der Waals surface area contributed by atoms with Gasteiger partial charge >= 0.3 is 0 Å². The summed E-state index contributed by atoms with van der Waals surface area (Å²) in [6, 6.07) is 8.57. The molecule has 0 atom stereocenters. The van der Waals surface area contributed by atoms with Crippen molar-refractivity contribution in [1.29, 1.82) is 0 Å². The Morgan fingerprint density at radius 3 is 2.70 bits per heavy atom. The van der Waals surface area contributed by atoms with E-state index in [4.69, 9.17) is 12.2 Å². The van der Waals surface area contributed by atoms with Gasteiger partial charge in [-0.05, 0) is 61.5 Å². The van der Waals surface area contributed by atoms with Gasteiger partial charge in [-0.25, -0.2) is 0 Å². The third kappa shape index (κ3) is 5.10. The SMILES string of the molecule is Cc1ccc2[nH]c(=O)c(CN(C(=S)NCC(C)C)C3CCCCC3)cc2c1. The molecule has 0 bridgehead atoms. The topological polar surface area (TPSA) is 48.1 Å². The number of hydrogen-bond acceptors (Lipinski definition) is 2. The molecule has 1 aromatic heterocycles. The Bertz CT molecular complexity index is 852. The predicted molar refractivity (Wildman–Crippen MR) is 117 cm³/mol. The van der Waals surface area contributed by atoms with Crippen molar-refractivity contribution >= 4 is 28.2 Å². The molecule has 5 heteroatoms. The molecule has 0 saturated heterocycles. The van der Waals surface area contributed by atoms with Gasteiger partial charge in [-0.2, -0.15) is 0 Å². The number of aryl methyl sites for hydroxylation is 1. The lowest BCUT2D eigenvalue weighted by Gasteiger charge is -2.36. The average molecular weight is 386 g/mol. The molecule has 1 aliphatic rings. The Balaban J connectivity index is 1.88. The number of thiocarbonyl (C=S) groups is 1. The van der Waals surface area contributed by atoms with Crippen LogP contribution in [-0.4, -0.2) is 27.6 Å². The summed E-state index contributed by atoms with van der Waals surface area (Å²) in [4.78, 5) is 18.0. The van der Waals surface area contributed by atoms with Crippen molar-refractivity contribution in [3.05, 3.63) is 45.7 Å². The van der Waals surface area contributed by atoms with E-state index in [2.05, 4.69) is 42.0 Å². The van der Waals surface area contributed by atoms with Crippen molar-refractivity contribution in [3.63, 3.8) is 0 Å². The van der Waals surface area contributed by atoms with E-state index in [1.807, 2.05) is 18.2 Å². The van der Waals surface area contributed by atoms with Crippen LogP contribution in [0.4, 0.5) is 0 Å². The molecule has 27 heavy (non-hydrogen) atoms. The third-order valence-electron chi connectivity index (χ3n) is 5.36. The minimum Gasteiger partial charge on any atom is -0.362 e. The molecule has 0 unspecified atom stereocenters. The fraction of sp³-hybridized carbons (Fsp3) is 0.545. The van der Waals surface area contributed by atoms with Crippen LogP contribution in [0.3, 0.4) is 0 Å². The quantitative estimate of drug-likeness (QED) is 0.744. The van der Waals surface area contributed by atoms with Gasteiger partial charge in [-0.15, -0.1) is 0 Å². The summed E-state index contributed by atoms with van der Waals surface area (Å²) in [5.74, 6) is 0.531. The highest BCUT2D eigenvalue weighted by Gasteiger charge is 2.24. The van der Waals surface area contributed by atoms with Crippen molar-refractivity contribution in [1.82, 2.24) is 15.2 Å². The van der Waals surface area contributed by atoms with E-state index < -0.39 is 0 Å². The first-order chi connectivity index (χ1) is 12.9. The average Bonchev–Trinajstić information content (AvgIpc) is 2.65. The third-order valence-corrected chi connectivity index (χ3v) is 5.73. The first-order valence-electron chi connectivity index (χ1n) is 10.1. The number of fused-ring (bicyclic) bond motifs is 1. The standard InChI is InChI=1S/C22H31N3OS/c1-15(2)13-23-22(27)25(19-7-5-4-6-8-19)14-18-12-17-11-16(3)9-10-20(17)24-21(18)26/h9-12,15,19H,4-8,13-14H2,1-3H3,(H,23,27)(H,24,26). The van der Waals surface area contributed by atoms with Crippen LogP contribution >= 0.6 is 12.2 Å². The molecule has 0 aliphatic heterocycles. The summed E-state index contributed by atoms with van der Waals surface area (Å²) in [7, 11) is 0. The van der Waals surface area contributed by atoms with Crippen LogP contribution < -0.4 is 10.9 Å². The van der Waals surface area contributed by atoms with Crippen LogP contribution in [0.2, 0.25) is 0 Å². The zero-order valence-corrected chi connectivity index (χ0v) is 17.5. The monoisotopic (exact) mass is 385 g/mol. The second-order valence-electron chi connectivity index (χ2n) is 8.21. The molecule has 1 aromatic carbocycles. The van der Waals surface area contributed by atoms with E-state index in [1.165, 1.54) is 24.8 Å². The molecule has 146 valence electrons. The van der Waals surface area contributed by atoms with E-state index in [1.54, 1.807) is 0 Å². The van der Waals surface area contributed by atoms with Gasteiger partial charge in [0.25, 0.3) is 5.56 Å². The van der Waals surface area contributed by atoms with Gasteiger partial charge in [0.2, 0.25) is 0 Å². The van der Waals surface area contributed by atoms with E-state index >= 15 is 0 Å². The lowest BCUT2D eigenvalue weighted by atomic mass is 9.94. The predicted octanol–water partition coefficient (Wildman–Crippen LogP) is 4.50. The number of hydrogen-bond donors (Lipinski definition) is 2. The van der Waals surface area contributed by atoms with Crippen molar-refractivity contribution in [3.8, 4) is 0 Å². The maximum atomic E-state index is 12.7. The van der Waals surface area contributed by atoms with Crippen molar-refractivity contribution in [2.24, 2.45) is 5.92 Å². The Morgan fingerprint density at radius 1 is 1.26 bits per heavy atom. The van der Waals surface area contributed by atoms with Gasteiger partial charge in [0.15, 0.2) is 5.11 Å². The lowest BCUT2D eigenvalue weighted by molar-refractivity contribution is 0.234. The van der Waals surface area contributed by atoms with Crippen LogP contribution in [0.25, 0.3) is 10.9 Å². The van der Waals surface area contributed by atoms with Gasteiger partial charge < -0.3 is 15.2 Å². The second-order valence-corrected chi connectivity index (χ2v) is 8.60. The molecule has 0 amide bonds. The number of pyridine rings is 1. The summed E-state index contributed by atoms with van der Waals surface area (Å²) in [5, 5.41) is 5.27. The highest BCUT2D eigenvalue weighted by Crippen LogP contribution is 2.24. The van der Waals surface area contributed by atoms with Crippen molar-refractivity contribution < 1.29 is 0 Å². The molecule has 0 radical (unpaired) electrons. The first-order valence-corrected chi connectivity index (χ1v) is 10.5. The summed E-state index contributed by atoms with van der Waals surface area (Å²) in [5.41, 5.74) is 2.85. The number of H-pyrrole nitrogens is 1. The van der Waals surface area contributed by atoms with Gasteiger partial charge in [-0.1, -0.05) is 44.7 Å². The maximum absolute atomic E-state index is 12.7. The summed E-state index contributed by atoms with van der Waals surface area (Å²) < 4.78 is 0. The van der Waals surface area contributed by atoms with Crippen LogP contribution in [0, 0.1) is 12.8 Å². The molecule has 1 saturated carbocycles. The molecule has 1 fully saturated rings. The Labute approximate surface area is 167 Å². The number of nitrogens with one attached hydrogen (secondary N) is 2. The fourth-order valence-electron chi connectivity index (χ4n) is 3.82. The number of aromatic nitrogens is 1. The number of aromatic amines is 1. The minimum atomic E-state index is -0.0150. The highest BCUT2D eigenvalue weighted by atomic mass is 32.1. The Kier molecular flexibility index (Phi) is 6.53. The van der Waals surface area contributed by atoms with Crippen molar-refractivity contribution in [2.45, 2.75) is 65.5 Å². The molecule has 4 nitrogen and oxygen atoms in total.